The molecule has 1 amide bonds. The van der Waals surface area contributed by atoms with Crippen molar-refractivity contribution in [2.24, 2.45) is 0 Å². The number of nitrogens with one attached hydrogen (secondary N) is 1. The van der Waals surface area contributed by atoms with Gasteiger partial charge in [0.2, 0.25) is 0 Å². The summed E-state index contributed by atoms with van der Waals surface area (Å²) >= 11 is 5.83. The Balaban J connectivity index is 1.92. The number of nitrogens with zero attached hydrogens (tertiary/aromatic N) is 1. The number of benzene rings is 1. The lowest BCUT2D eigenvalue weighted by atomic mass is 10.2. The van der Waals surface area contributed by atoms with Gasteiger partial charge in [-0.1, -0.05) is 11.6 Å². The van der Waals surface area contributed by atoms with E-state index in [9.17, 15) is 9.18 Å². The number of hydrogen-bond donors (Lipinski definition) is 1. The number of amides is 1. The van der Waals surface area contributed by atoms with Crippen LogP contribution >= 0.6 is 11.6 Å². The lowest BCUT2D eigenvalue weighted by Crippen LogP contribution is -2.53. The van der Waals surface area contributed by atoms with E-state index < -0.39 is 5.82 Å². The molecule has 1 heterocycles. The smallest absolute Gasteiger partial charge is 0.260 e. The van der Waals surface area contributed by atoms with Gasteiger partial charge in [0.05, 0.1) is 5.02 Å². The molecule has 0 unspecified atom stereocenters. The molecule has 2 rings (SSSR count). The van der Waals surface area contributed by atoms with Crippen molar-refractivity contribution in [3.05, 3.63) is 29.0 Å². The van der Waals surface area contributed by atoms with Crippen molar-refractivity contribution in [2.45, 2.75) is 13.0 Å². The van der Waals surface area contributed by atoms with Crippen molar-refractivity contribution >= 4 is 17.5 Å². The molecule has 1 aliphatic rings. The van der Waals surface area contributed by atoms with Gasteiger partial charge in [-0.25, -0.2) is 4.39 Å². The van der Waals surface area contributed by atoms with Crippen LogP contribution in [0.25, 0.3) is 0 Å². The largest absolute Gasteiger partial charge is 0.482 e. The highest BCUT2D eigenvalue weighted by Gasteiger charge is 2.23. The molecule has 1 atom stereocenters. The number of rotatable bonds is 3. The zero-order valence-corrected chi connectivity index (χ0v) is 11.4. The fourth-order valence-corrected chi connectivity index (χ4v) is 2.25. The minimum absolute atomic E-state index is 0.0876. The van der Waals surface area contributed by atoms with Crippen molar-refractivity contribution in [3.8, 4) is 5.75 Å². The van der Waals surface area contributed by atoms with E-state index in [2.05, 4.69) is 5.32 Å². The van der Waals surface area contributed by atoms with Gasteiger partial charge in [-0.2, -0.15) is 0 Å². The average Bonchev–Trinajstić information content (AvgIpc) is 2.38. The Hall–Kier alpha value is -1.33. The molecule has 1 N–H and O–H groups in total. The molecule has 1 fully saturated rings. The predicted molar refractivity (Wildman–Crippen MR) is 70.9 cm³/mol. The van der Waals surface area contributed by atoms with E-state index in [1.54, 1.807) is 4.90 Å². The maximum Gasteiger partial charge on any atom is 0.260 e. The summed E-state index contributed by atoms with van der Waals surface area (Å²) in [7, 11) is 0. The fraction of sp³-hybridized carbons (Fsp3) is 0.462. The highest BCUT2D eigenvalue weighted by Crippen LogP contribution is 2.24. The Morgan fingerprint density at radius 1 is 1.63 bits per heavy atom. The van der Waals surface area contributed by atoms with E-state index in [0.717, 1.165) is 19.2 Å². The first-order valence-corrected chi connectivity index (χ1v) is 6.54. The van der Waals surface area contributed by atoms with Crippen LogP contribution in [0.5, 0.6) is 5.75 Å². The summed E-state index contributed by atoms with van der Waals surface area (Å²) in [6.07, 6.45) is 0. The summed E-state index contributed by atoms with van der Waals surface area (Å²) in [5, 5.41) is 3.38. The third-order valence-electron chi connectivity index (χ3n) is 3.07. The molecule has 0 aromatic heterocycles. The Labute approximate surface area is 116 Å². The molecule has 0 saturated carbocycles. The van der Waals surface area contributed by atoms with Crippen LogP contribution in [-0.2, 0) is 4.79 Å². The first-order valence-electron chi connectivity index (χ1n) is 6.16. The van der Waals surface area contributed by atoms with Gasteiger partial charge in [0.15, 0.2) is 6.61 Å². The topological polar surface area (TPSA) is 41.6 Å². The van der Waals surface area contributed by atoms with Crippen molar-refractivity contribution in [1.82, 2.24) is 10.2 Å². The van der Waals surface area contributed by atoms with Gasteiger partial charge in [0.25, 0.3) is 5.91 Å². The van der Waals surface area contributed by atoms with E-state index >= 15 is 0 Å². The van der Waals surface area contributed by atoms with E-state index in [-0.39, 0.29) is 23.6 Å². The first-order chi connectivity index (χ1) is 9.08. The van der Waals surface area contributed by atoms with Crippen molar-refractivity contribution < 1.29 is 13.9 Å². The standard InChI is InChI=1S/C13H16ClFN2O2/c1-9-7-16-4-5-17(9)13(18)8-19-12-3-2-10(15)6-11(12)14/h2-3,6,9,16H,4-5,7-8H2,1H3/t9-/m1/s1. The summed E-state index contributed by atoms with van der Waals surface area (Å²) in [5.41, 5.74) is 0. The molecule has 19 heavy (non-hydrogen) atoms. The van der Waals surface area contributed by atoms with Gasteiger partial charge in [-0.15, -0.1) is 0 Å². The number of ether oxygens (including phenoxy) is 1. The molecule has 0 spiro atoms. The lowest BCUT2D eigenvalue weighted by Gasteiger charge is -2.33. The molecule has 0 radical (unpaired) electrons. The zero-order valence-electron chi connectivity index (χ0n) is 10.7. The third-order valence-corrected chi connectivity index (χ3v) is 3.36. The molecule has 1 aliphatic heterocycles. The van der Waals surface area contributed by atoms with E-state index in [1.807, 2.05) is 6.92 Å². The summed E-state index contributed by atoms with van der Waals surface area (Å²) < 4.78 is 18.2. The van der Waals surface area contributed by atoms with Crippen LogP contribution in [0, 0.1) is 5.82 Å². The van der Waals surface area contributed by atoms with Gasteiger partial charge in [-0.3, -0.25) is 4.79 Å². The summed E-state index contributed by atoms with van der Waals surface area (Å²) in [6, 6.07) is 3.98. The molecular formula is C13H16ClFN2O2. The maximum atomic E-state index is 12.9. The summed E-state index contributed by atoms with van der Waals surface area (Å²) in [6.45, 7) is 4.13. The number of hydrogen-bond acceptors (Lipinski definition) is 3. The van der Waals surface area contributed by atoms with Crippen LogP contribution in [0.2, 0.25) is 5.02 Å². The molecule has 1 aromatic rings. The number of piperazine rings is 1. The van der Waals surface area contributed by atoms with Crippen LogP contribution in [-0.4, -0.2) is 43.1 Å². The third kappa shape index (κ3) is 3.58. The normalized spacial score (nSPS) is 19.3. The SMILES string of the molecule is C[C@@H]1CNCCN1C(=O)COc1ccc(F)cc1Cl. The van der Waals surface area contributed by atoms with Gasteiger partial charge >= 0.3 is 0 Å². The molecular weight excluding hydrogens is 271 g/mol. The molecule has 0 bridgehead atoms. The van der Waals surface area contributed by atoms with Gasteiger partial charge in [0, 0.05) is 25.7 Å². The minimum Gasteiger partial charge on any atom is -0.482 e. The van der Waals surface area contributed by atoms with E-state index in [1.165, 1.54) is 12.1 Å². The van der Waals surface area contributed by atoms with Crippen molar-refractivity contribution in [1.29, 1.82) is 0 Å². The molecule has 1 aromatic carbocycles. The molecule has 6 heteroatoms. The summed E-state index contributed by atoms with van der Waals surface area (Å²) in [5.74, 6) is -0.201. The molecule has 0 aliphatic carbocycles. The second-order valence-electron chi connectivity index (χ2n) is 4.50. The lowest BCUT2D eigenvalue weighted by molar-refractivity contribution is -0.136. The van der Waals surface area contributed by atoms with Crippen molar-refractivity contribution in [2.75, 3.05) is 26.2 Å². The minimum atomic E-state index is -0.431. The van der Waals surface area contributed by atoms with Gasteiger partial charge in [-0.05, 0) is 25.1 Å². The van der Waals surface area contributed by atoms with Crippen LogP contribution in [0.15, 0.2) is 18.2 Å². The summed E-state index contributed by atoms with van der Waals surface area (Å²) in [4.78, 5) is 13.8. The maximum absolute atomic E-state index is 12.9. The van der Waals surface area contributed by atoms with Crippen LogP contribution in [0.3, 0.4) is 0 Å². The fourth-order valence-electron chi connectivity index (χ4n) is 2.03. The Kier molecular flexibility index (Phi) is 4.61. The number of carbonyl (C=O) groups excluding carboxylic acids is 1. The molecule has 4 nitrogen and oxygen atoms in total. The highest BCUT2D eigenvalue weighted by atomic mass is 35.5. The Morgan fingerprint density at radius 2 is 2.42 bits per heavy atom. The van der Waals surface area contributed by atoms with E-state index in [4.69, 9.17) is 16.3 Å². The molecule has 1 saturated heterocycles. The quantitative estimate of drug-likeness (QED) is 0.919. The monoisotopic (exact) mass is 286 g/mol. The highest BCUT2D eigenvalue weighted by molar-refractivity contribution is 6.32. The second-order valence-corrected chi connectivity index (χ2v) is 4.91. The Bertz CT molecular complexity index is 470. The van der Waals surface area contributed by atoms with Gasteiger partial charge < -0.3 is 15.0 Å². The molecule has 104 valence electrons. The average molecular weight is 287 g/mol. The van der Waals surface area contributed by atoms with Gasteiger partial charge in [0.1, 0.15) is 11.6 Å². The van der Waals surface area contributed by atoms with Crippen LogP contribution in [0.1, 0.15) is 6.92 Å². The zero-order chi connectivity index (χ0) is 13.8. The number of halogens is 2. The van der Waals surface area contributed by atoms with Crippen molar-refractivity contribution in [3.63, 3.8) is 0 Å². The Morgan fingerprint density at radius 3 is 3.11 bits per heavy atom. The van der Waals surface area contributed by atoms with Crippen LogP contribution in [0.4, 0.5) is 4.39 Å². The van der Waals surface area contributed by atoms with Crippen LogP contribution < -0.4 is 10.1 Å². The predicted octanol–water partition coefficient (Wildman–Crippen LogP) is 1.68. The second kappa shape index (κ2) is 6.21. The first kappa shape index (κ1) is 14.1. The van der Waals surface area contributed by atoms with E-state index in [0.29, 0.717) is 12.3 Å². The number of carbonyl (C=O) groups is 1.